The summed E-state index contributed by atoms with van der Waals surface area (Å²) < 4.78 is 0. The maximum absolute atomic E-state index is 3.54. The molecule has 0 radical (unpaired) electrons. The third-order valence-electron chi connectivity index (χ3n) is 4.29. The zero-order valence-corrected chi connectivity index (χ0v) is 15.5. The molecule has 0 amide bonds. The van der Waals surface area contributed by atoms with E-state index in [4.69, 9.17) is 0 Å². The van der Waals surface area contributed by atoms with Gasteiger partial charge < -0.3 is 5.32 Å². The summed E-state index contributed by atoms with van der Waals surface area (Å²) in [4.78, 5) is 0. The minimum absolute atomic E-state index is 0. The first-order valence-corrected chi connectivity index (χ1v) is 8.30. The van der Waals surface area contributed by atoms with Crippen LogP contribution in [-0.2, 0) is 18.5 Å². The highest BCUT2D eigenvalue weighted by Crippen LogP contribution is 2.22. The van der Waals surface area contributed by atoms with Crippen LogP contribution in [0.4, 0.5) is 0 Å². The molecule has 0 aliphatic heterocycles. The van der Waals surface area contributed by atoms with Crippen LogP contribution >= 0.6 is 12.4 Å². The standard InChI is InChI=1S/C22H25N.ClH/c1-22(2,3)21-12-9-17(10-13-21)15-23-16-18-8-11-19-6-4-5-7-20(19)14-18;/h4-14,23H,15-16H2,1-3H3;1H. The van der Waals surface area contributed by atoms with Gasteiger partial charge in [-0.2, -0.15) is 0 Å². The molecular weight excluding hydrogens is 314 g/mol. The van der Waals surface area contributed by atoms with Crippen molar-refractivity contribution in [2.24, 2.45) is 0 Å². The van der Waals surface area contributed by atoms with Crippen LogP contribution in [0.25, 0.3) is 10.8 Å². The third-order valence-corrected chi connectivity index (χ3v) is 4.29. The predicted octanol–water partition coefficient (Wildman–Crippen LogP) is 5.85. The van der Waals surface area contributed by atoms with E-state index in [0.29, 0.717) is 0 Å². The van der Waals surface area contributed by atoms with E-state index in [1.54, 1.807) is 0 Å². The lowest BCUT2D eigenvalue weighted by molar-refractivity contribution is 0.589. The number of nitrogens with one attached hydrogen (secondary N) is 1. The van der Waals surface area contributed by atoms with Crippen LogP contribution in [0.1, 0.15) is 37.5 Å². The van der Waals surface area contributed by atoms with Gasteiger partial charge in [0.1, 0.15) is 0 Å². The van der Waals surface area contributed by atoms with Gasteiger partial charge in [0, 0.05) is 13.1 Å². The molecule has 0 unspecified atom stereocenters. The fourth-order valence-electron chi connectivity index (χ4n) is 2.82. The van der Waals surface area contributed by atoms with Crippen molar-refractivity contribution < 1.29 is 0 Å². The Morgan fingerprint density at radius 2 is 1.29 bits per heavy atom. The Bertz CT molecular complexity index is 785. The zero-order chi connectivity index (χ0) is 16.3. The molecule has 0 fully saturated rings. The molecule has 24 heavy (non-hydrogen) atoms. The number of hydrogen-bond donors (Lipinski definition) is 1. The Morgan fingerprint density at radius 1 is 0.708 bits per heavy atom. The molecular formula is C22H26ClN. The summed E-state index contributed by atoms with van der Waals surface area (Å²) in [5, 5.41) is 6.15. The molecule has 3 aromatic carbocycles. The second-order valence-electron chi connectivity index (χ2n) is 7.23. The zero-order valence-electron chi connectivity index (χ0n) is 14.7. The van der Waals surface area contributed by atoms with Gasteiger partial charge in [0.15, 0.2) is 0 Å². The summed E-state index contributed by atoms with van der Waals surface area (Å²) in [6.45, 7) is 8.54. The molecule has 0 saturated carbocycles. The fraction of sp³-hybridized carbons (Fsp3) is 0.273. The number of fused-ring (bicyclic) bond motifs is 1. The van der Waals surface area contributed by atoms with Crippen molar-refractivity contribution in [1.29, 1.82) is 0 Å². The highest BCUT2D eigenvalue weighted by Gasteiger charge is 2.12. The topological polar surface area (TPSA) is 12.0 Å². The summed E-state index contributed by atoms with van der Waals surface area (Å²) in [6, 6.07) is 24.1. The second-order valence-corrected chi connectivity index (χ2v) is 7.23. The normalized spacial score (nSPS) is 11.3. The van der Waals surface area contributed by atoms with E-state index in [1.165, 1.54) is 27.5 Å². The van der Waals surface area contributed by atoms with E-state index in [-0.39, 0.29) is 17.8 Å². The monoisotopic (exact) mass is 339 g/mol. The van der Waals surface area contributed by atoms with Crippen LogP contribution < -0.4 is 5.32 Å². The van der Waals surface area contributed by atoms with E-state index in [0.717, 1.165) is 13.1 Å². The Hall–Kier alpha value is -1.83. The van der Waals surface area contributed by atoms with Crippen LogP contribution in [-0.4, -0.2) is 0 Å². The first-order valence-electron chi connectivity index (χ1n) is 8.30. The predicted molar refractivity (Wildman–Crippen MR) is 107 cm³/mol. The Labute approximate surface area is 151 Å². The van der Waals surface area contributed by atoms with Crippen LogP contribution in [0.15, 0.2) is 66.7 Å². The molecule has 126 valence electrons. The Kier molecular flexibility index (Phi) is 6.04. The molecule has 0 spiro atoms. The minimum Gasteiger partial charge on any atom is -0.309 e. The van der Waals surface area contributed by atoms with E-state index in [1.807, 2.05) is 0 Å². The molecule has 3 aromatic rings. The van der Waals surface area contributed by atoms with Crippen LogP contribution in [0.3, 0.4) is 0 Å². The first-order chi connectivity index (χ1) is 11.0. The van der Waals surface area contributed by atoms with E-state index in [2.05, 4.69) is 92.8 Å². The van der Waals surface area contributed by atoms with Crippen molar-refractivity contribution in [3.63, 3.8) is 0 Å². The molecule has 0 saturated heterocycles. The number of hydrogen-bond acceptors (Lipinski definition) is 1. The largest absolute Gasteiger partial charge is 0.309 e. The quantitative estimate of drug-likeness (QED) is 0.628. The van der Waals surface area contributed by atoms with Crippen LogP contribution in [0, 0.1) is 0 Å². The molecule has 2 heteroatoms. The van der Waals surface area contributed by atoms with Crippen molar-refractivity contribution in [3.05, 3.63) is 83.4 Å². The third kappa shape index (κ3) is 4.59. The van der Waals surface area contributed by atoms with Crippen molar-refractivity contribution in [2.45, 2.75) is 39.3 Å². The maximum atomic E-state index is 3.54. The second kappa shape index (κ2) is 7.83. The van der Waals surface area contributed by atoms with Gasteiger partial charge in [-0.05, 0) is 38.9 Å². The SMILES string of the molecule is CC(C)(C)c1ccc(CNCc2ccc3ccccc3c2)cc1.Cl. The molecule has 0 aromatic heterocycles. The van der Waals surface area contributed by atoms with Gasteiger partial charge in [-0.15, -0.1) is 12.4 Å². The van der Waals surface area contributed by atoms with Crippen molar-refractivity contribution >= 4 is 23.2 Å². The fourth-order valence-corrected chi connectivity index (χ4v) is 2.82. The molecule has 1 N–H and O–H groups in total. The summed E-state index contributed by atoms with van der Waals surface area (Å²) in [6.07, 6.45) is 0. The van der Waals surface area contributed by atoms with E-state index >= 15 is 0 Å². The van der Waals surface area contributed by atoms with Crippen LogP contribution in [0.2, 0.25) is 0 Å². The minimum atomic E-state index is 0. The summed E-state index contributed by atoms with van der Waals surface area (Å²) in [5.41, 5.74) is 4.27. The lowest BCUT2D eigenvalue weighted by Gasteiger charge is -2.19. The van der Waals surface area contributed by atoms with Gasteiger partial charge in [0.2, 0.25) is 0 Å². The number of halogens is 1. The lowest BCUT2D eigenvalue weighted by Crippen LogP contribution is -2.14. The van der Waals surface area contributed by atoms with Crippen molar-refractivity contribution in [2.75, 3.05) is 0 Å². The summed E-state index contributed by atoms with van der Waals surface area (Å²) in [7, 11) is 0. The maximum Gasteiger partial charge on any atom is 0.0208 e. The molecule has 0 heterocycles. The van der Waals surface area contributed by atoms with Crippen molar-refractivity contribution in [3.8, 4) is 0 Å². The number of benzene rings is 3. The summed E-state index contributed by atoms with van der Waals surface area (Å²) >= 11 is 0. The highest BCUT2D eigenvalue weighted by molar-refractivity contribution is 5.85. The van der Waals surface area contributed by atoms with Crippen molar-refractivity contribution in [1.82, 2.24) is 5.32 Å². The van der Waals surface area contributed by atoms with Gasteiger partial charge in [0.25, 0.3) is 0 Å². The van der Waals surface area contributed by atoms with E-state index in [9.17, 15) is 0 Å². The molecule has 1 nitrogen and oxygen atoms in total. The Morgan fingerprint density at radius 3 is 1.96 bits per heavy atom. The van der Waals surface area contributed by atoms with Gasteiger partial charge in [-0.1, -0.05) is 81.4 Å². The van der Waals surface area contributed by atoms with Gasteiger partial charge in [-0.3, -0.25) is 0 Å². The molecule has 0 aliphatic rings. The van der Waals surface area contributed by atoms with Gasteiger partial charge in [-0.25, -0.2) is 0 Å². The van der Waals surface area contributed by atoms with Crippen LogP contribution in [0.5, 0.6) is 0 Å². The molecule has 3 rings (SSSR count). The van der Waals surface area contributed by atoms with E-state index < -0.39 is 0 Å². The van der Waals surface area contributed by atoms with Gasteiger partial charge >= 0.3 is 0 Å². The average Bonchev–Trinajstić information content (AvgIpc) is 2.54. The average molecular weight is 340 g/mol. The molecule has 0 bridgehead atoms. The molecule has 0 aliphatic carbocycles. The van der Waals surface area contributed by atoms with Gasteiger partial charge in [0.05, 0.1) is 0 Å². The Balaban J connectivity index is 0.00000208. The summed E-state index contributed by atoms with van der Waals surface area (Å²) in [5.74, 6) is 0. The first kappa shape index (κ1) is 18.5. The molecule has 0 atom stereocenters. The number of rotatable bonds is 4. The highest BCUT2D eigenvalue weighted by atomic mass is 35.5. The smallest absolute Gasteiger partial charge is 0.0208 e. The lowest BCUT2D eigenvalue weighted by atomic mass is 9.87.